The zero-order chi connectivity index (χ0) is 15.2. The van der Waals surface area contributed by atoms with E-state index in [1.54, 1.807) is 25.3 Å². The predicted molar refractivity (Wildman–Crippen MR) is 82.9 cm³/mol. The summed E-state index contributed by atoms with van der Waals surface area (Å²) in [6, 6.07) is 5.17. The number of likely N-dealkylation sites (tertiary alicyclic amines) is 1. The second-order valence-corrected chi connectivity index (χ2v) is 5.71. The highest BCUT2D eigenvalue weighted by molar-refractivity contribution is 6.32. The number of carbonyl (C=O) groups is 1. The molecule has 0 aromatic heterocycles. The molecule has 0 bridgehead atoms. The number of anilines is 1. The number of nitrogens with one attached hydrogen (secondary N) is 1. The molecule has 5 nitrogen and oxygen atoms in total. The molecule has 1 fully saturated rings. The molecule has 1 heterocycles. The van der Waals surface area contributed by atoms with Crippen LogP contribution in [0.25, 0.3) is 0 Å². The van der Waals surface area contributed by atoms with Crippen molar-refractivity contribution in [3.8, 4) is 5.75 Å². The minimum Gasteiger partial charge on any atom is -0.495 e. The highest BCUT2D eigenvalue weighted by Crippen LogP contribution is 2.27. The number of carbonyl (C=O) groups excluding carboxylic acids is 1. The average Bonchev–Trinajstić information content (AvgIpc) is 2.86. The fraction of sp³-hybridized carbons (Fsp3) is 0.533. The summed E-state index contributed by atoms with van der Waals surface area (Å²) in [4.78, 5) is 14.1. The van der Waals surface area contributed by atoms with Crippen molar-refractivity contribution in [1.82, 2.24) is 4.90 Å². The van der Waals surface area contributed by atoms with Crippen LogP contribution in [0, 0.1) is 5.92 Å². The first-order chi connectivity index (χ1) is 10.1. The van der Waals surface area contributed by atoms with Gasteiger partial charge in [-0.25, -0.2) is 0 Å². The lowest BCUT2D eigenvalue weighted by molar-refractivity contribution is -0.117. The van der Waals surface area contributed by atoms with E-state index in [4.69, 9.17) is 21.4 Å². The third-order valence-corrected chi connectivity index (χ3v) is 4.01. The third kappa shape index (κ3) is 4.59. The summed E-state index contributed by atoms with van der Waals surface area (Å²) in [5, 5.41) is 12.2. The van der Waals surface area contributed by atoms with E-state index in [0.29, 0.717) is 28.9 Å². The Morgan fingerprint density at radius 2 is 2.38 bits per heavy atom. The zero-order valence-electron chi connectivity index (χ0n) is 12.1. The Morgan fingerprint density at radius 1 is 1.57 bits per heavy atom. The number of ether oxygens (including phenoxy) is 1. The molecule has 116 valence electrons. The normalized spacial score (nSPS) is 18.7. The Hall–Kier alpha value is -1.30. The summed E-state index contributed by atoms with van der Waals surface area (Å²) in [6.45, 7) is 2.36. The molecular formula is C15H21ClN2O3. The van der Waals surface area contributed by atoms with Crippen molar-refractivity contribution >= 4 is 23.2 Å². The molecule has 2 rings (SSSR count). The van der Waals surface area contributed by atoms with Gasteiger partial charge in [0.15, 0.2) is 0 Å². The van der Waals surface area contributed by atoms with Gasteiger partial charge in [-0.05, 0) is 43.5 Å². The van der Waals surface area contributed by atoms with Crippen LogP contribution < -0.4 is 10.1 Å². The Kier molecular flexibility index (Phi) is 5.85. The van der Waals surface area contributed by atoms with E-state index in [9.17, 15) is 4.79 Å². The molecular weight excluding hydrogens is 292 g/mol. The first-order valence-electron chi connectivity index (χ1n) is 7.09. The van der Waals surface area contributed by atoms with Crippen molar-refractivity contribution in [3.05, 3.63) is 23.2 Å². The molecule has 0 spiro atoms. The lowest BCUT2D eigenvalue weighted by Gasteiger charge is -2.15. The van der Waals surface area contributed by atoms with Crippen LogP contribution in [-0.4, -0.2) is 49.3 Å². The summed E-state index contributed by atoms with van der Waals surface area (Å²) in [7, 11) is 1.55. The summed E-state index contributed by atoms with van der Waals surface area (Å²) in [5.74, 6) is 1.03. The SMILES string of the molecule is COc1ccc(NC(=O)CN2CCC(CCO)C2)cc1Cl. The molecule has 0 saturated carbocycles. The molecule has 1 unspecified atom stereocenters. The Labute approximate surface area is 129 Å². The van der Waals surface area contributed by atoms with Gasteiger partial charge in [-0.3, -0.25) is 9.69 Å². The monoisotopic (exact) mass is 312 g/mol. The van der Waals surface area contributed by atoms with Gasteiger partial charge in [-0.15, -0.1) is 0 Å². The van der Waals surface area contributed by atoms with E-state index in [2.05, 4.69) is 10.2 Å². The molecule has 1 amide bonds. The van der Waals surface area contributed by atoms with E-state index in [0.717, 1.165) is 25.9 Å². The van der Waals surface area contributed by atoms with Crippen LogP contribution in [-0.2, 0) is 4.79 Å². The van der Waals surface area contributed by atoms with Crippen LogP contribution in [0.4, 0.5) is 5.69 Å². The predicted octanol–water partition coefficient (Wildman–Crippen LogP) is 1.99. The summed E-state index contributed by atoms with van der Waals surface area (Å²) < 4.78 is 5.07. The molecule has 2 N–H and O–H groups in total. The average molecular weight is 313 g/mol. The lowest BCUT2D eigenvalue weighted by Crippen LogP contribution is -2.31. The minimum absolute atomic E-state index is 0.0547. The lowest BCUT2D eigenvalue weighted by atomic mass is 10.1. The standard InChI is InChI=1S/C15H21ClN2O3/c1-21-14-3-2-12(8-13(14)16)17-15(20)10-18-6-4-11(9-18)5-7-19/h2-3,8,11,19H,4-7,9-10H2,1H3,(H,17,20). The third-order valence-electron chi connectivity index (χ3n) is 3.71. The van der Waals surface area contributed by atoms with Crippen LogP contribution in [0.3, 0.4) is 0 Å². The van der Waals surface area contributed by atoms with Crippen LogP contribution in [0.1, 0.15) is 12.8 Å². The molecule has 0 radical (unpaired) electrons. The van der Waals surface area contributed by atoms with Crippen molar-refractivity contribution in [1.29, 1.82) is 0 Å². The molecule has 1 aliphatic rings. The fourth-order valence-electron chi connectivity index (χ4n) is 2.62. The van der Waals surface area contributed by atoms with Gasteiger partial charge >= 0.3 is 0 Å². The number of hydrogen-bond acceptors (Lipinski definition) is 4. The van der Waals surface area contributed by atoms with Gasteiger partial charge in [0.25, 0.3) is 0 Å². The maximum atomic E-state index is 12.0. The largest absolute Gasteiger partial charge is 0.495 e. The first kappa shape index (κ1) is 16.1. The van der Waals surface area contributed by atoms with E-state index >= 15 is 0 Å². The second kappa shape index (κ2) is 7.64. The van der Waals surface area contributed by atoms with Crippen LogP contribution in [0.2, 0.25) is 5.02 Å². The summed E-state index contributed by atoms with van der Waals surface area (Å²) in [6.07, 6.45) is 1.86. The van der Waals surface area contributed by atoms with E-state index in [-0.39, 0.29) is 12.5 Å². The maximum Gasteiger partial charge on any atom is 0.238 e. The van der Waals surface area contributed by atoms with Crippen molar-refractivity contribution in [3.63, 3.8) is 0 Å². The maximum absolute atomic E-state index is 12.0. The Balaban J connectivity index is 1.83. The Morgan fingerprint density at radius 3 is 3.05 bits per heavy atom. The van der Waals surface area contributed by atoms with E-state index in [1.807, 2.05) is 0 Å². The van der Waals surface area contributed by atoms with Gasteiger partial charge in [0.1, 0.15) is 5.75 Å². The molecule has 0 aliphatic carbocycles. The van der Waals surface area contributed by atoms with E-state index in [1.165, 1.54) is 0 Å². The molecule has 1 aromatic carbocycles. The smallest absolute Gasteiger partial charge is 0.238 e. The number of aliphatic hydroxyl groups is 1. The summed E-state index contributed by atoms with van der Waals surface area (Å²) >= 11 is 6.03. The van der Waals surface area contributed by atoms with Gasteiger partial charge in [0, 0.05) is 18.8 Å². The van der Waals surface area contributed by atoms with Gasteiger partial charge in [0.05, 0.1) is 18.7 Å². The highest BCUT2D eigenvalue weighted by atomic mass is 35.5. The second-order valence-electron chi connectivity index (χ2n) is 5.30. The van der Waals surface area contributed by atoms with Crippen molar-refractivity contribution in [2.24, 2.45) is 5.92 Å². The number of benzene rings is 1. The van der Waals surface area contributed by atoms with Crippen LogP contribution in [0.15, 0.2) is 18.2 Å². The van der Waals surface area contributed by atoms with Gasteiger partial charge in [-0.2, -0.15) is 0 Å². The van der Waals surface area contributed by atoms with Gasteiger partial charge < -0.3 is 15.2 Å². The van der Waals surface area contributed by atoms with Crippen molar-refractivity contribution in [2.75, 3.05) is 38.7 Å². The number of methoxy groups -OCH3 is 1. The van der Waals surface area contributed by atoms with Crippen molar-refractivity contribution in [2.45, 2.75) is 12.8 Å². The van der Waals surface area contributed by atoms with Gasteiger partial charge in [0.2, 0.25) is 5.91 Å². The van der Waals surface area contributed by atoms with Crippen molar-refractivity contribution < 1.29 is 14.6 Å². The molecule has 21 heavy (non-hydrogen) atoms. The van der Waals surface area contributed by atoms with E-state index < -0.39 is 0 Å². The van der Waals surface area contributed by atoms with Crippen LogP contribution in [0.5, 0.6) is 5.75 Å². The van der Waals surface area contributed by atoms with Gasteiger partial charge in [-0.1, -0.05) is 11.6 Å². The number of nitrogens with zero attached hydrogens (tertiary/aromatic N) is 1. The molecule has 1 aromatic rings. The van der Waals surface area contributed by atoms with Crippen LogP contribution >= 0.6 is 11.6 Å². The first-order valence-corrected chi connectivity index (χ1v) is 7.46. The number of halogens is 1. The minimum atomic E-state index is -0.0547. The highest BCUT2D eigenvalue weighted by Gasteiger charge is 2.23. The number of aliphatic hydroxyl groups excluding tert-OH is 1. The summed E-state index contributed by atoms with van der Waals surface area (Å²) in [5.41, 5.74) is 0.664. The number of rotatable bonds is 6. The zero-order valence-corrected chi connectivity index (χ0v) is 12.9. The molecule has 6 heteroatoms. The quantitative estimate of drug-likeness (QED) is 0.843. The fourth-order valence-corrected chi connectivity index (χ4v) is 2.88. The molecule has 1 atom stereocenters. The molecule has 1 saturated heterocycles. The molecule has 1 aliphatic heterocycles. The number of hydrogen-bond donors (Lipinski definition) is 2. The Bertz CT molecular complexity index is 496. The number of amides is 1. The topological polar surface area (TPSA) is 61.8 Å².